The minimum absolute atomic E-state index is 0.0286. The zero-order valence-electron chi connectivity index (χ0n) is 41.3. The third-order valence-electron chi connectivity index (χ3n) is 11.3. The van der Waals surface area contributed by atoms with E-state index in [1.165, 1.54) is 9.80 Å². The van der Waals surface area contributed by atoms with E-state index < -0.39 is 89.3 Å². The molecule has 5 amide bonds. The van der Waals surface area contributed by atoms with E-state index in [0.29, 0.717) is 45.1 Å². The molecule has 2 aliphatic rings. The molecule has 23 heteroatoms. The topological polar surface area (TPSA) is 330 Å². The first-order valence-electron chi connectivity index (χ1n) is 23.9. The third-order valence-corrected chi connectivity index (χ3v) is 11.3. The van der Waals surface area contributed by atoms with Crippen LogP contribution in [0.3, 0.4) is 0 Å². The maximum atomic E-state index is 14.3. The fourth-order valence-corrected chi connectivity index (χ4v) is 7.68. The Morgan fingerprint density at radius 2 is 1.44 bits per heavy atom. The van der Waals surface area contributed by atoms with Gasteiger partial charge in [0.25, 0.3) is 5.96 Å². The number of nitrogens with two attached hydrogens (primary N) is 2. The first-order chi connectivity index (χ1) is 33.7. The maximum Gasteiger partial charge on any atom is 0.408 e. The van der Waals surface area contributed by atoms with Gasteiger partial charge in [-0.1, -0.05) is 86.8 Å². The monoisotopic (exact) mass is 997 g/mol. The number of ether oxygens (including phenoxy) is 3. The second-order valence-electron chi connectivity index (χ2n) is 18.2. The standard InChI is InChI=1S/C41H59N9O9.C7H13NO4/c1-3-4-7-19-31(45-37(52)35(42)28(2)58-26-29-15-8-5-9-16-29)38(53)49-25-14-22-34(49)39(54)48-24-13-21-33(48)36(51)46-32(20-12-23-44-41(43)47-50(56)57)40(55)59-27-30-17-10-6-11-18-30;1-7(2,3)12-6(11)8-4-5(9)10/h5-6,8-11,15-18,28,31-35H,3-4,7,12-14,19-27,42H2,1-2H3,(H,45,52)(H,46,51)(H3,43,44,47);4H2,1-3H3,(H,8,11)(H,9,10). The molecule has 2 aromatic carbocycles. The van der Waals surface area contributed by atoms with Crippen LogP contribution >= 0.6 is 0 Å². The van der Waals surface area contributed by atoms with Crippen LogP contribution in [0.15, 0.2) is 65.8 Å². The van der Waals surface area contributed by atoms with Crippen LogP contribution in [0.4, 0.5) is 4.79 Å². The fraction of sp³-hybridized carbons (Fsp3) is 0.583. The number of nitro groups is 1. The van der Waals surface area contributed by atoms with Gasteiger partial charge in [-0.15, -0.1) is 0 Å². The number of carbonyl (C=O) groups excluding carboxylic acids is 6. The molecular formula is C48H72N10O13. The predicted octanol–water partition coefficient (Wildman–Crippen LogP) is 2.67. The van der Waals surface area contributed by atoms with E-state index in [9.17, 15) is 43.7 Å². The van der Waals surface area contributed by atoms with Gasteiger partial charge in [-0.3, -0.25) is 24.0 Å². The molecule has 2 aromatic rings. The van der Waals surface area contributed by atoms with Gasteiger partial charge in [0.1, 0.15) is 54.1 Å². The van der Waals surface area contributed by atoms with Crippen LogP contribution in [0.5, 0.6) is 0 Å². The van der Waals surface area contributed by atoms with Gasteiger partial charge >= 0.3 is 18.0 Å². The lowest BCUT2D eigenvalue weighted by Crippen LogP contribution is -2.58. The average Bonchev–Trinajstić information content (AvgIpc) is 4.03. The Balaban J connectivity index is 0.000000977. The van der Waals surface area contributed by atoms with E-state index in [-0.39, 0.29) is 51.0 Å². The molecule has 0 bridgehead atoms. The highest BCUT2D eigenvalue weighted by molar-refractivity contribution is 5.96. The second kappa shape index (κ2) is 30.0. The van der Waals surface area contributed by atoms with Crippen molar-refractivity contribution in [1.29, 1.82) is 0 Å². The van der Waals surface area contributed by atoms with E-state index in [1.807, 2.05) is 43.3 Å². The Hall–Kier alpha value is -6.88. The number of rotatable bonds is 24. The molecule has 0 radical (unpaired) electrons. The number of guanidine groups is 1. The molecular weight excluding hydrogens is 925 g/mol. The zero-order valence-corrected chi connectivity index (χ0v) is 41.3. The first-order valence-corrected chi connectivity index (χ1v) is 23.9. The number of hydrogen-bond donors (Lipinski definition) is 7. The number of hydrazone groups is 1. The first kappa shape index (κ1) is 58.4. The van der Waals surface area contributed by atoms with E-state index in [0.717, 1.165) is 24.0 Å². The number of likely N-dealkylation sites (tertiary alicyclic amines) is 2. The summed E-state index contributed by atoms with van der Waals surface area (Å²) in [5.74, 6) is -4.02. The number of hydrogen-bond acceptors (Lipinski definition) is 13. The van der Waals surface area contributed by atoms with Crippen LogP contribution in [0.2, 0.25) is 0 Å². The smallest absolute Gasteiger partial charge is 0.408 e. The van der Waals surface area contributed by atoms with E-state index in [1.54, 1.807) is 52.0 Å². The molecule has 9 N–H and O–H groups in total. The highest BCUT2D eigenvalue weighted by atomic mass is 16.7. The number of carbonyl (C=O) groups is 7. The lowest BCUT2D eigenvalue weighted by molar-refractivity contribution is -0.485. The quantitative estimate of drug-likeness (QED) is 0.0199. The molecule has 71 heavy (non-hydrogen) atoms. The summed E-state index contributed by atoms with van der Waals surface area (Å²) >= 11 is 0. The fourth-order valence-electron chi connectivity index (χ4n) is 7.68. The molecule has 23 nitrogen and oxygen atoms in total. The van der Waals surface area contributed by atoms with E-state index >= 15 is 0 Å². The summed E-state index contributed by atoms with van der Waals surface area (Å²) in [7, 11) is 0. The summed E-state index contributed by atoms with van der Waals surface area (Å²) in [5.41, 5.74) is 12.9. The van der Waals surface area contributed by atoms with Crippen LogP contribution < -0.4 is 32.7 Å². The lowest BCUT2D eigenvalue weighted by Gasteiger charge is -2.33. The van der Waals surface area contributed by atoms with Crippen molar-refractivity contribution < 1.29 is 57.9 Å². The molecule has 2 heterocycles. The molecule has 0 aromatic heterocycles. The highest BCUT2D eigenvalue weighted by Gasteiger charge is 2.44. The van der Waals surface area contributed by atoms with Gasteiger partial charge in [0, 0.05) is 19.6 Å². The normalized spacial score (nSPS) is 17.3. The van der Waals surface area contributed by atoms with Crippen LogP contribution in [0.1, 0.15) is 110 Å². The molecule has 2 aliphatic heterocycles. The molecule has 2 saturated heterocycles. The number of unbranched alkanes of at least 4 members (excludes halogenated alkanes) is 2. The van der Waals surface area contributed by atoms with Crippen molar-refractivity contribution in [1.82, 2.24) is 31.1 Å². The number of alkyl carbamates (subject to hydrolysis) is 1. The lowest BCUT2D eigenvalue weighted by atomic mass is 10.0. The Labute approximate surface area is 414 Å². The molecule has 6 atom stereocenters. The number of nitrogens with one attached hydrogen (secondary N) is 4. The van der Waals surface area contributed by atoms with Crippen LogP contribution in [0, 0.1) is 10.1 Å². The SMILES string of the molecule is CC(C)(C)OC(=O)NCC(=O)O.CCCCCC(NC(=O)C(N)C(C)OCc1ccccc1)C(=O)N1CCCC1C(=O)N1CCCC1C(=O)NC(CCCNC(N)=N[N+](=O)[O-])C(=O)OCc1ccccc1. The van der Waals surface area contributed by atoms with Crippen molar-refractivity contribution in [2.45, 2.75) is 154 Å². The minimum Gasteiger partial charge on any atom is -0.480 e. The number of aliphatic carboxylic acids is 1. The number of carboxylic acids is 1. The summed E-state index contributed by atoms with van der Waals surface area (Å²) < 4.78 is 16.2. The average molecular weight is 997 g/mol. The Morgan fingerprint density at radius 3 is 2.03 bits per heavy atom. The van der Waals surface area contributed by atoms with Gasteiger partial charge in [0.05, 0.1) is 12.7 Å². The minimum atomic E-state index is -1.10. The van der Waals surface area contributed by atoms with Crippen LogP contribution in [-0.2, 0) is 56.2 Å². The summed E-state index contributed by atoms with van der Waals surface area (Å²) in [4.78, 5) is 103. The molecule has 0 spiro atoms. The second-order valence-corrected chi connectivity index (χ2v) is 18.2. The highest BCUT2D eigenvalue weighted by Crippen LogP contribution is 2.27. The largest absolute Gasteiger partial charge is 0.480 e. The Bertz CT molecular complexity index is 2090. The van der Waals surface area contributed by atoms with Crippen molar-refractivity contribution in [3.63, 3.8) is 0 Å². The molecule has 2 fully saturated rings. The molecule has 392 valence electrons. The Kier molecular flexibility index (Phi) is 24.7. The summed E-state index contributed by atoms with van der Waals surface area (Å²) in [6.45, 7) is 9.38. The molecule has 6 unspecified atom stereocenters. The number of carboxylic acid groups (broad SMARTS) is 1. The number of nitrogens with zero attached hydrogens (tertiary/aromatic N) is 4. The van der Waals surface area contributed by atoms with E-state index in [2.05, 4.69) is 26.4 Å². The van der Waals surface area contributed by atoms with Gasteiger partial charge in [-0.25, -0.2) is 19.7 Å². The van der Waals surface area contributed by atoms with Crippen molar-refractivity contribution in [2.75, 3.05) is 26.2 Å². The van der Waals surface area contributed by atoms with Gasteiger partial charge < -0.3 is 61.9 Å². The van der Waals surface area contributed by atoms with E-state index in [4.69, 9.17) is 30.8 Å². The van der Waals surface area contributed by atoms with Crippen molar-refractivity contribution in [3.05, 3.63) is 81.9 Å². The zero-order chi connectivity index (χ0) is 52.5. The van der Waals surface area contributed by atoms with Crippen molar-refractivity contribution >= 4 is 47.6 Å². The number of esters is 1. The Morgan fingerprint density at radius 1 is 0.845 bits per heavy atom. The maximum absolute atomic E-state index is 14.3. The summed E-state index contributed by atoms with van der Waals surface area (Å²) in [5, 5.41) is 31.2. The van der Waals surface area contributed by atoms with Crippen LogP contribution in [-0.4, -0.2) is 136 Å². The van der Waals surface area contributed by atoms with Crippen molar-refractivity contribution in [2.24, 2.45) is 16.6 Å². The third kappa shape index (κ3) is 21.3. The molecule has 0 aliphatic carbocycles. The van der Waals surface area contributed by atoms with Gasteiger partial charge in [-0.2, -0.15) is 0 Å². The summed E-state index contributed by atoms with van der Waals surface area (Å²) in [6, 6.07) is 13.7. The predicted molar refractivity (Wildman–Crippen MR) is 260 cm³/mol. The number of amides is 5. The van der Waals surface area contributed by atoms with Crippen LogP contribution in [0.25, 0.3) is 0 Å². The van der Waals surface area contributed by atoms with Crippen molar-refractivity contribution in [3.8, 4) is 0 Å². The number of benzene rings is 2. The summed E-state index contributed by atoms with van der Waals surface area (Å²) in [6.07, 6.45) is 3.60. The molecule has 0 saturated carbocycles. The molecule has 4 rings (SSSR count). The van der Waals surface area contributed by atoms with Gasteiger partial charge in [0.2, 0.25) is 23.6 Å². The van der Waals surface area contributed by atoms with Gasteiger partial charge in [-0.05, 0) is 83.8 Å². The van der Waals surface area contributed by atoms with Gasteiger partial charge in [0.15, 0.2) is 5.03 Å².